The Balaban J connectivity index is 1.79. The van der Waals surface area contributed by atoms with Crippen LogP contribution in [0.5, 0.6) is 0 Å². The van der Waals surface area contributed by atoms with Gasteiger partial charge in [-0.3, -0.25) is 4.79 Å². The minimum Gasteiger partial charge on any atom is -0.396 e. The van der Waals surface area contributed by atoms with E-state index < -0.39 is 17.8 Å². The van der Waals surface area contributed by atoms with E-state index in [1.807, 2.05) is 0 Å². The fourth-order valence-electron chi connectivity index (χ4n) is 3.58. The molecule has 0 saturated carbocycles. The molecule has 1 aliphatic rings. The Kier molecular flexibility index (Phi) is 6.45. The summed E-state index contributed by atoms with van der Waals surface area (Å²) in [4.78, 5) is 17.9. The van der Waals surface area contributed by atoms with Crippen LogP contribution >= 0.6 is 23.2 Å². The summed E-state index contributed by atoms with van der Waals surface area (Å²) in [6.07, 6.45) is 0.987. The van der Waals surface area contributed by atoms with Gasteiger partial charge in [0.2, 0.25) is 5.95 Å². The number of hydrogen-bond donors (Lipinski definition) is 3. The van der Waals surface area contributed by atoms with Gasteiger partial charge in [-0.15, -0.1) is 0 Å². The number of hydrogen-bond acceptors (Lipinski definition) is 5. The highest BCUT2D eigenvalue weighted by Crippen LogP contribution is 2.40. The van der Waals surface area contributed by atoms with E-state index in [2.05, 4.69) is 20.7 Å². The van der Waals surface area contributed by atoms with Gasteiger partial charge in [0.05, 0.1) is 15.6 Å². The maximum absolute atomic E-state index is 13.4. The van der Waals surface area contributed by atoms with Gasteiger partial charge in [0, 0.05) is 30.0 Å². The summed E-state index contributed by atoms with van der Waals surface area (Å²) in [5.74, 6) is 0.178. The average Bonchev–Trinajstić information content (AvgIpc) is 3.17. The molecule has 1 amide bonds. The summed E-state index contributed by atoms with van der Waals surface area (Å²) in [7, 11) is 0. The highest BCUT2D eigenvalue weighted by atomic mass is 35.5. The number of fused-ring (bicyclic) bond motifs is 1. The van der Waals surface area contributed by atoms with Crippen molar-refractivity contribution < 1.29 is 14.3 Å². The molecule has 166 valence electrons. The molecule has 0 unspecified atom stereocenters. The van der Waals surface area contributed by atoms with Crippen molar-refractivity contribution in [3.63, 3.8) is 0 Å². The van der Waals surface area contributed by atoms with Crippen molar-refractivity contribution in [2.24, 2.45) is 0 Å². The normalized spacial score (nSPS) is 15.3. The highest BCUT2D eigenvalue weighted by molar-refractivity contribution is 6.42. The van der Waals surface area contributed by atoms with Crippen LogP contribution in [0.2, 0.25) is 10.0 Å². The topological polar surface area (TPSA) is 92.1 Å². The number of benzene rings is 2. The highest BCUT2D eigenvalue weighted by Gasteiger charge is 2.35. The number of nitrogens with one attached hydrogen (secondary N) is 2. The third-order valence-electron chi connectivity index (χ3n) is 5.08. The molecule has 1 atom stereocenters. The molecule has 7 nitrogen and oxygen atoms in total. The summed E-state index contributed by atoms with van der Waals surface area (Å²) < 4.78 is 14.9. The maximum Gasteiger partial charge on any atom is 0.255 e. The van der Waals surface area contributed by atoms with Gasteiger partial charge in [-0.2, -0.15) is 10.1 Å². The Morgan fingerprint density at radius 3 is 2.72 bits per heavy atom. The monoisotopic (exact) mass is 475 g/mol. The number of anilines is 2. The second kappa shape index (κ2) is 9.28. The van der Waals surface area contributed by atoms with Gasteiger partial charge < -0.3 is 15.7 Å². The number of aryl methyl sites for hydroxylation is 1. The van der Waals surface area contributed by atoms with Gasteiger partial charge in [-0.05, 0) is 43.7 Å². The first kappa shape index (κ1) is 22.3. The van der Waals surface area contributed by atoms with Crippen molar-refractivity contribution in [1.82, 2.24) is 14.8 Å². The molecule has 0 spiro atoms. The van der Waals surface area contributed by atoms with E-state index in [1.54, 1.807) is 29.8 Å². The second-order valence-electron chi connectivity index (χ2n) is 7.29. The lowest BCUT2D eigenvalue weighted by Crippen LogP contribution is -2.31. The molecule has 1 aliphatic heterocycles. The summed E-state index contributed by atoms with van der Waals surface area (Å²) in [6, 6.07) is 9.99. The van der Waals surface area contributed by atoms with Crippen LogP contribution in [0, 0.1) is 5.82 Å². The molecule has 1 aromatic heterocycles. The van der Waals surface area contributed by atoms with Crippen molar-refractivity contribution in [3.8, 4) is 0 Å². The molecule has 2 heterocycles. The number of halogens is 3. The van der Waals surface area contributed by atoms with Crippen LogP contribution in [0.15, 0.2) is 53.7 Å². The average molecular weight is 476 g/mol. The third-order valence-corrected chi connectivity index (χ3v) is 5.91. The van der Waals surface area contributed by atoms with E-state index in [1.165, 1.54) is 24.3 Å². The van der Waals surface area contributed by atoms with E-state index in [4.69, 9.17) is 28.3 Å². The van der Waals surface area contributed by atoms with Gasteiger partial charge >= 0.3 is 0 Å². The number of aliphatic hydroxyl groups is 1. The molecule has 3 N–H and O–H groups in total. The number of nitrogens with zero attached hydrogens (tertiary/aromatic N) is 3. The zero-order valence-electron chi connectivity index (χ0n) is 17.1. The van der Waals surface area contributed by atoms with Gasteiger partial charge in [-0.25, -0.2) is 9.07 Å². The van der Waals surface area contributed by atoms with Crippen LogP contribution < -0.4 is 10.6 Å². The number of carbonyl (C=O) groups is 1. The number of amides is 1. The van der Waals surface area contributed by atoms with Crippen LogP contribution in [0.4, 0.5) is 16.0 Å². The number of aliphatic hydroxyl groups excluding tert-OH is 1. The van der Waals surface area contributed by atoms with Crippen molar-refractivity contribution in [3.05, 3.63) is 81.0 Å². The minimum absolute atomic E-state index is 0.0173. The maximum atomic E-state index is 13.4. The fourth-order valence-corrected chi connectivity index (χ4v) is 3.99. The van der Waals surface area contributed by atoms with Gasteiger partial charge in [-0.1, -0.05) is 35.3 Å². The zero-order valence-corrected chi connectivity index (χ0v) is 18.6. The Labute approximate surface area is 193 Å². The number of allylic oxidation sites excluding steroid dienone is 1. The molecule has 0 radical (unpaired) electrons. The zero-order chi connectivity index (χ0) is 22.8. The second-order valence-corrected chi connectivity index (χ2v) is 8.08. The molecular formula is C22H20Cl2FN5O2. The predicted octanol–water partition coefficient (Wildman–Crippen LogP) is 4.58. The van der Waals surface area contributed by atoms with Gasteiger partial charge in [0.1, 0.15) is 11.9 Å². The first-order valence-corrected chi connectivity index (χ1v) is 10.7. The molecule has 0 fully saturated rings. The van der Waals surface area contributed by atoms with Crippen molar-refractivity contribution >= 4 is 40.7 Å². The smallest absolute Gasteiger partial charge is 0.255 e. The Morgan fingerprint density at radius 1 is 1.25 bits per heavy atom. The number of aromatic nitrogens is 3. The van der Waals surface area contributed by atoms with Crippen LogP contribution in [0.3, 0.4) is 0 Å². The van der Waals surface area contributed by atoms with E-state index in [9.17, 15) is 9.18 Å². The van der Waals surface area contributed by atoms with Gasteiger partial charge in [0.15, 0.2) is 5.82 Å². The molecule has 0 saturated heterocycles. The number of carbonyl (C=O) groups excluding carboxylic acids is 1. The van der Waals surface area contributed by atoms with E-state index in [0.29, 0.717) is 57.2 Å². The van der Waals surface area contributed by atoms with E-state index in [0.717, 1.165) is 0 Å². The lowest BCUT2D eigenvalue weighted by Gasteiger charge is -2.29. The summed E-state index contributed by atoms with van der Waals surface area (Å²) in [5.41, 5.74) is 1.97. The third kappa shape index (κ3) is 4.34. The SMILES string of the molecule is CC1=C(C(=O)Nc2ccc(F)cc2)[C@H](c2cccc(Cl)c2Cl)n2nc(CCCO)nc2N1. The molecule has 0 bridgehead atoms. The standard InChI is InChI=1S/C22H20Cl2FN5O2/c1-12-18(21(32)27-14-9-7-13(25)8-10-14)20(15-4-2-5-16(23)19(15)24)30-22(26-12)28-17(29-30)6-3-11-31/h2,4-5,7-10,20,31H,3,6,11H2,1H3,(H,27,32)(H,26,28,29)/t20-/m0/s1. The molecule has 4 rings (SSSR count). The first-order valence-electron chi connectivity index (χ1n) is 9.94. The Hall–Kier alpha value is -2.94. The first-order chi connectivity index (χ1) is 15.4. The largest absolute Gasteiger partial charge is 0.396 e. The van der Waals surface area contributed by atoms with Crippen molar-refractivity contribution in [2.75, 3.05) is 17.2 Å². The lowest BCUT2D eigenvalue weighted by molar-refractivity contribution is -0.113. The predicted molar refractivity (Wildman–Crippen MR) is 121 cm³/mol. The van der Waals surface area contributed by atoms with E-state index in [-0.39, 0.29) is 6.61 Å². The van der Waals surface area contributed by atoms with Crippen molar-refractivity contribution in [2.45, 2.75) is 25.8 Å². The molecule has 10 heteroatoms. The van der Waals surface area contributed by atoms with E-state index >= 15 is 0 Å². The summed E-state index contributed by atoms with van der Waals surface area (Å²) in [5, 5.41) is 20.3. The molecule has 0 aliphatic carbocycles. The minimum atomic E-state index is -0.701. The van der Waals surface area contributed by atoms with Crippen LogP contribution in [-0.2, 0) is 11.2 Å². The van der Waals surface area contributed by atoms with Crippen LogP contribution in [0.25, 0.3) is 0 Å². The Bertz CT molecular complexity index is 1190. The Morgan fingerprint density at radius 2 is 2.00 bits per heavy atom. The van der Waals surface area contributed by atoms with Crippen LogP contribution in [0.1, 0.15) is 30.8 Å². The fraction of sp³-hybridized carbons (Fsp3) is 0.227. The number of rotatable bonds is 6. The molecule has 32 heavy (non-hydrogen) atoms. The van der Waals surface area contributed by atoms with Crippen LogP contribution in [-0.4, -0.2) is 32.4 Å². The van der Waals surface area contributed by atoms with Crippen molar-refractivity contribution in [1.29, 1.82) is 0 Å². The summed E-state index contributed by atoms with van der Waals surface area (Å²) in [6.45, 7) is 1.78. The molecule has 3 aromatic rings. The lowest BCUT2D eigenvalue weighted by atomic mass is 9.95. The molecule has 2 aromatic carbocycles. The quantitative estimate of drug-likeness (QED) is 0.485. The van der Waals surface area contributed by atoms with Gasteiger partial charge in [0.25, 0.3) is 5.91 Å². The molecular weight excluding hydrogens is 456 g/mol. The summed E-state index contributed by atoms with van der Waals surface area (Å²) >= 11 is 12.8.